The molecule has 3 atom stereocenters. The summed E-state index contributed by atoms with van der Waals surface area (Å²) in [5.41, 5.74) is 4.22. The average molecular weight is 745 g/mol. The maximum Gasteiger partial charge on any atom is 0.246 e. The van der Waals surface area contributed by atoms with E-state index in [1.807, 2.05) is 44.0 Å². The largest absolute Gasteiger partial charge is 0.490 e. The molecule has 2 aliphatic heterocycles. The number of likely N-dealkylation sites (N-methyl/N-ethyl adjacent to an activating group) is 2. The van der Waals surface area contributed by atoms with Crippen molar-refractivity contribution in [1.29, 1.82) is 0 Å². The van der Waals surface area contributed by atoms with Crippen LogP contribution in [0.2, 0.25) is 0 Å². The molecule has 0 bridgehead atoms. The number of thiophene rings is 1. The van der Waals surface area contributed by atoms with Gasteiger partial charge in [-0.2, -0.15) is 5.10 Å². The van der Waals surface area contributed by atoms with Gasteiger partial charge in [-0.25, -0.2) is 18.2 Å². The number of hydrogen-bond acceptors (Lipinski definition) is 8. The highest BCUT2D eigenvalue weighted by Crippen LogP contribution is 2.48. The molecule has 10 nitrogen and oxygen atoms in total. The van der Waals surface area contributed by atoms with Crippen LogP contribution < -0.4 is 10.1 Å². The van der Waals surface area contributed by atoms with E-state index in [4.69, 9.17) is 19.6 Å². The number of aromatic nitrogens is 3. The standard InChI is InChI=1S/C39H39F3N6O4S/c1-7-32(49)48-20(2)17-47-29(21(48)3)16-28(45-47)37-35(33-26(41)14-25(40)15-31(33)52-11-10-51-6)34-27(42)19-53-38(34)36(44-37)23-9-8-22-13-30(39(50)43-4)46(5)18-24(22)12-23/h7-9,12,14-16,19-21,30H,1,10-11,13,17-18H2,2-6H3,(H,43,50)/t20-,21+,30+/m1/s1. The van der Waals surface area contributed by atoms with E-state index in [9.17, 15) is 14.0 Å². The number of benzene rings is 2. The zero-order chi connectivity index (χ0) is 37.7. The number of rotatable bonds is 9. The number of methoxy groups -OCH3 is 1. The zero-order valence-electron chi connectivity index (χ0n) is 30.0. The lowest BCUT2D eigenvalue weighted by atomic mass is 9.90. The van der Waals surface area contributed by atoms with Gasteiger partial charge in [0.05, 0.1) is 46.9 Å². The summed E-state index contributed by atoms with van der Waals surface area (Å²) in [7, 11) is 4.99. The minimum atomic E-state index is -0.962. The molecule has 1 N–H and O–H groups in total. The summed E-state index contributed by atoms with van der Waals surface area (Å²) in [4.78, 5) is 34.3. The molecular formula is C39H39F3N6O4S. The molecule has 2 aromatic carbocycles. The molecule has 14 heteroatoms. The number of carbonyl (C=O) groups excluding carboxylic acids is 2. The Hall–Kier alpha value is -5.05. The van der Waals surface area contributed by atoms with E-state index in [0.29, 0.717) is 46.9 Å². The van der Waals surface area contributed by atoms with Crippen LogP contribution in [0.1, 0.15) is 36.7 Å². The number of hydrogen-bond donors (Lipinski definition) is 1. The van der Waals surface area contributed by atoms with Gasteiger partial charge < -0.3 is 19.7 Å². The second-order valence-electron chi connectivity index (χ2n) is 13.4. The molecule has 2 amide bonds. The van der Waals surface area contributed by atoms with Crippen LogP contribution in [0.5, 0.6) is 5.75 Å². The predicted octanol–water partition coefficient (Wildman–Crippen LogP) is 6.52. The van der Waals surface area contributed by atoms with Crippen LogP contribution in [0.15, 0.2) is 54.4 Å². The third-order valence-electron chi connectivity index (χ3n) is 10.1. The Bertz CT molecular complexity index is 2270. The molecule has 5 aromatic rings. The molecule has 276 valence electrons. The van der Waals surface area contributed by atoms with Crippen molar-refractivity contribution in [3.63, 3.8) is 0 Å². The number of halogens is 3. The summed E-state index contributed by atoms with van der Waals surface area (Å²) in [6, 6.07) is 8.49. The molecule has 7 rings (SSSR count). The minimum Gasteiger partial charge on any atom is -0.490 e. The van der Waals surface area contributed by atoms with Gasteiger partial charge in [-0.1, -0.05) is 18.7 Å². The van der Waals surface area contributed by atoms with Crippen LogP contribution >= 0.6 is 11.3 Å². The van der Waals surface area contributed by atoms with Crippen molar-refractivity contribution in [1.82, 2.24) is 29.9 Å². The number of nitrogens with zero attached hydrogens (tertiary/aromatic N) is 5. The van der Waals surface area contributed by atoms with E-state index in [0.717, 1.165) is 34.6 Å². The maximum absolute atomic E-state index is 16.3. The highest BCUT2D eigenvalue weighted by Gasteiger charge is 2.35. The van der Waals surface area contributed by atoms with Crippen molar-refractivity contribution in [2.75, 3.05) is 34.4 Å². The molecule has 0 unspecified atom stereocenters. The molecule has 2 aliphatic rings. The third kappa shape index (κ3) is 6.38. The first-order valence-corrected chi connectivity index (χ1v) is 18.1. The average Bonchev–Trinajstić information content (AvgIpc) is 3.74. The van der Waals surface area contributed by atoms with Gasteiger partial charge in [0, 0.05) is 60.8 Å². The van der Waals surface area contributed by atoms with Gasteiger partial charge in [0.2, 0.25) is 11.8 Å². The minimum absolute atomic E-state index is 0.0197. The Morgan fingerprint density at radius 2 is 1.85 bits per heavy atom. The van der Waals surface area contributed by atoms with Gasteiger partial charge in [0.1, 0.15) is 41.2 Å². The molecule has 0 saturated heterocycles. The normalized spacial score (nSPS) is 18.5. The Balaban J connectivity index is 1.48. The lowest BCUT2D eigenvalue weighted by Gasteiger charge is -2.38. The van der Waals surface area contributed by atoms with Crippen molar-refractivity contribution in [3.05, 3.63) is 88.7 Å². The third-order valence-corrected chi connectivity index (χ3v) is 11.1. The number of pyridine rings is 1. The summed E-state index contributed by atoms with van der Waals surface area (Å²) >= 11 is 1.13. The van der Waals surface area contributed by atoms with E-state index in [1.54, 1.807) is 22.7 Å². The first-order chi connectivity index (χ1) is 25.4. The van der Waals surface area contributed by atoms with E-state index >= 15 is 8.78 Å². The van der Waals surface area contributed by atoms with Gasteiger partial charge >= 0.3 is 0 Å². The summed E-state index contributed by atoms with van der Waals surface area (Å²) in [5, 5.41) is 9.08. The van der Waals surface area contributed by atoms with Crippen LogP contribution in [0.3, 0.4) is 0 Å². The molecular weight excluding hydrogens is 706 g/mol. The second kappa shape index (κ2) is 14.4. The number of ether oxygens (including phenoxy) is 2. The van der Waals surface area contributed by atoms with E-state index in [2.05, 4.69) is 11.9 Å². The highest BCUT2D eigenvalue weighted by atomic mass is 32.1. The summed E-state index contributed by atoms with van der Waals surface area (Å²) < 4.78 is 60.6. The van der Waals surface area contributed by atoms with Gasteiger partial charge in [-0.3, -0.25) is 19.2 Å². The molecule has 53 heavy (non-hydrogen) atoms. The molecule has 0 fully saturated rings. The number of carbonyl (C=O) groups is 2. The first kappa shape index (κ1) is 36.3. The van der Waals surface area contributed by atoms with Crippen LogP contribution in [-0.2, 0) is 33.8 Å². The van der Waals surface area contributed by atoms with Crippen molar-refractivity contribution in [3.8, 4) is 39.5 Å². The van der Waals surface area contributed by atoms with Crippen molar-refractivity contribution < 1.29 is 32.2 Å². The Morgan fingerprint density at radius 1 is 1.06 bits per heavy atom. The summed E-state index contributed by atoms with van der Waals surface area (Å²) in [5.74, 6) is -2.88. The monoisotopic (exact) mass is 744 g/mol. The smallest absolute Gasteiger partial charge is 0.246 e. The topological polar surface area (TPSA) is 102 Å². The second-order valence-corrected chi connectivity index (χ2v) is 14.3. The van der Waals surface area contributed by atoms with Crippen molar-refractivity contribution in [2.45, 2.75) is 51.5 Å². The maximum atomic E-state index is 16.3. The van der Waals surface area contributed by atoms with Crippen LogP contribution in [0, 0.1) is 17.5 Å². The van der Waals surface area contributed by atoms with Crippen LogP contribution in [0.4, 0.5) is 13.2 Å². The zero-order valence-corrected chi connectivity index (χ0v) is 30.8. The fraction of sp³-hybridized carbons (Fsp3) is 0.333. The lowest BCUT2D eigenvalue weighted by Crippen LogP contribution is -2.47. The molecule has 0 spiro atoms. The molecule has 0 radical (unpaired) electrons. The fourth-order valence-corrected chi connectivity index (χ4v) is 8.51. The van der Waals surface area contributed by atoms with Gasteiger partial charge in [-0.15, -0.1) is 11.3 Å². The summed E-state index contributed by atoms with van der Waals surface area (Å²) in [6.45, 7) is 8.45. The Labute approximate surface area is 308 Å². The molecule has 0 saturated carbocycles. The lowest BCUT2D eigenvalue weighted by molar-refractivity contribution is -0.132. The SMILES string of the molecule is C=CC(=O)N1[C@H](C)Cn2nc(-c3nc(-c4ccc5c(c4)CN(C)[C@H](C(=O)NC)C5)c4scc(F)c4c3-c3c(F)cc(F)cc3OCCOC)cc2[C@@H]1C. The number of nitrogens with one attached hydrogen (secondary N) is 1. The van der Waals surface area contributed by atoms with Gasteiger partial charge in [-0.05, 0) is 56.7 Å². The molecule has 5 heterocycles. The van der Waals surface area contributed by atoms with Crippen LogP contribution in [0.25, 0.3) is 43.9 Å². The van der Waals surface area contributed by atoms with E-state index < -0.39 is 23.5 Å². The fourth-order valence-electron chi connectivity index (χ4n) is 7.57. The van der Waals surface area contributed by atoms with Crippen molar-refractivity contribution >= 4 is 33.2 Å². The van der Waals surface area contributed by atoms with Crippen LogP contribution in [-0.4, -0.2) is 82.9 Å². The number of amides is 2. The van der Waals surface area contributed by atoms with E-state index in [-0.39, 0.29) is 65.1 Å². The summed E-state index contributed by atoms with van der Waals surface area (Å²) in [6.07, 6.45) is 1.79. The highest BCUT2D eigenvalue weighted by molar-refractivity contribution is 7.17. The van der Waals surface area contributed by atoms with Crippen molar-refractivity contribution in [2.24, 2.45) is 0 Å². The molecule has 3 aromatic heterocycles. The predicted molar refractivity (Wildman–Crippen MR) is 197 cm³/mol. The molecule has 0 aliphatic carbocycles. The van der Waals surface area contributed by atoms with Gasteiger partial charge in [0.25, 0.3) is 0 Å². The van der Waals surface area contributed by atoms with Gasteiger partial charge in [0.15, 0.2) is 0 Å². The van der Waals surface area contributed by atoms with E-state index in [1.165, 1.54) is 18.6 Å². The first-order valence-electron chi connectivity index (χ1n) is 17.2. The Morgan fingerprint density at radius 3 is 2.58 bits per heavy atom. The quantitative estimate of drug-likeness (QED) is 0.136. The number of fused-ring (bicyclic) bond motifs is 3. The Kier molecular flexibility index (Phi) is 9.87.